The van der Waals surface area contributed by atoms with Crippen molar-refractivity contribution in [2.24, 2.45) is 0 Å². The van der Waals surface area contributed by atoms with Gasteiger partial charge < -0.3 is 15.1 Å². The fourth-order valence-electron chi connectivity index (χ4n) is 3.02. The van der Waals surface area contributed by atoms with E-state index in [-0.39, 0.29) is 23.2 Å². The van der Waals surface area contributed by atoms with E-state index in [0.29, 0.717) is 23.8 Å². The van der Waals surface area contributed by atoms with Crippen LogP contribution in [0, 0.1) is 6.92 Å². The molecule has 1 aromatic heterocycles. The molecule has 0 aliphatic carbocycles. The van der Waals surface area contributed by atoms with E-state index < -0.39 is 0 Å². The van der Waals surface area contributed by atoms with Gasteiger partial charge in [-0.1, -0.05) is 30.7 Å². The summed E-state index contributed by atoms with van der Waals surface area (Å²) in [7, 11) is 0. The minimum atomic E-state index is -0.370. The number of anilines is 1. The number of halogens is 1. The first-order valence-corrected chi connectivity index (χ1v) is 9.42. The van der Waals surface area contributed by atoms with Crippen molar-refractivity contribution in [1.82, 2.24) is 14.8 Å². The lowest BCUT2D eigenvalue weighted by Crippen LogP contribution is -2.48. The molecular weight excluding hydrogens is 364 g/mol. The summed E-state index contributed by atoms with van der Waals surface area (Å²) in [5, 5.41) is 3.35. The number of rotatable bonds is 4. The van der Waals surface area contributed by atoms with E-state index in [1.165, 1.54) is 0 Å². The highest BCUT2D eigenvalue weighted by molar-refractivity contribution is 6.31. The molecule has 0 saturated carbocycles. The first-order chi connectivity index (χ1) is 13.0. The molecule has 1 N–H and O–H groups in total. The van der Waals surface area contributed by atoms with Gasteiger partial charge in [0.05, 0.1) is 0 Å². The summed E-state index contributed by atoms with van der Waals surface area (Å²) in [5.74, 6) is -0.509. The Morgan fingerprint density at radius 2 is 1.81 bits per heavy atom. The maximum absolute atomic E-state index is 12.7. The van der Waals surface area contributed by atoms with Crippen molar-refractivity contribution in [3.05, 3.63) is 58.4 Å². The lowest BCUT2D eigenvalue weighted by molar-refractivity contribution is 0.0637. The number of hydrogen-bond acceptors (Lipinski definition) is 4. The number of nitrogens with zero attached hydrogens (tertiary/aromatic N) is 3. The maximum atomic E-state index is 12.7. The highest BCUT2D eigenvalue weighted by atomic mass is 35.5. The number of nitrogens with one attached hydrogen (secondary N) is 1. The van der Waals surface area contributed by atoms with Gasteiger partial charge in [-0.3, -0.25) is 9.59 Å². The van der Waals surface area contributed by atoms with Gasteiger partial charge >= 0.3 is 0 Å². The van der Waals surface area contributed by atoms with Gasteiger partial charge in [-0.15, -0.1) is 0 Å². The molecule has 0 radical (unpaired) electrons. The van der Waals surface area contributed by atoms with Crippen LogP contribution in [0.25, 0.3) is 0 Å². The van der Waals surface area contributed by atoms with E-state index in [9.17, 15) is 9.59 Å². The van der Waals surface area contributed by atoms with E-state index in [1.807, 2.05) is 13.0 Å². The second-order valence-corrected chi connectivity index (χ2v) is 6.98. The van der Waals surface area contributed by atoms with Crippen LogP contribution in [0.2, 0.25) is 5.02 Å². The van der Waals surface area contributed by atoms with Crippen molar-refractivity contribution in [3.63, 3.8) is 0 Å². The van der Waals surface area contributed by atoms with Crippen molar-refractivity contribution >= 4 is 29.1 Å². The lowest BCUT2D eigenvalue weighted by atomic mass is 10.2. The summed E-state index contributed by atoms with van der Waals surface area (Å²) >= 11 is 6.00. The summed E-state index contributed by atoms with van der Waals surface area (Å²) in [4.78, 5) is 33.7. The van der Waals surface area contributed by atoms with Crippen LogP contribution in [0.5, 0.6) is 0 Å². The van der Waals surface area contributed by atoms with Crippen LogP contribution < -0.4 is 5.32 Å². The Balaban J connectivity index is 1.72. The lowest BCUT2D eigenvalue weighted by Gasteiger charge is -2.33. The van der Waals surface area contributed by atoms with Crippen LogP contribution in [0.4, 0.5) is 5.69 Å². The third kappa shape index (κ3) is 4.64. The van der Waals surface area contributed by atoms with Crippen LogP contribution >= 0.6 is 11.6 Å². The summed E-state index contributed by atoms with van der Waals surface area (Å²) in [6, 6.07) is 10.2. The Bertz CT molecular complexity index is 848. The Morgan fingerprint density at radius 3 is 2.52 bits per heavy atom. The van der Waals surface area contributed by atoms with Crippen molar-refractivity contribution in [3.8, 4) is 0 Å². The van der Waals surface area contributed by atoms with Crippen molar-refractivity contribution in [2.75, 3.05) is 38.0 Å². The molecule has 1 saturated heterocycles. The zero-order valence-electron chi connectivity index (χ0n) is 15.5. The quantitative estimate of drug-likeness (QED) is 0.877. The fourth-order valence-corrected chi connectivity index (χ4v) is 3.20. The molecule has 0 bridgehead atoms. The smallest absolute Gasteiger partial charge is 0.274 e. The van der Waals surface area contributed by atoms with Crippen LogP contribution in [-0.2, 0) is 0 Å². The highest BCUT2D eigenvalue weighted by Gasteiger charge is 2.23. The third-order valence-electron chi connectivity index (χ3n) is 4.76. The molecule has 0 unspecified atom stereocenters. The molecule has 7 heteroatoms. The fraction of sp³-hybridized carbons (Fsp3) is 0.350. The first kappa shape index (κ1) is 19.3. The molecule has 6 nitrogen and oxygen atoms in total. The predicted molar refractivity (Wildman–Crippen MR) is 106 cm³/mol. The van der Waals surface area contributed by atoms with E-state index >= 15 is 0 Å². The van der Waals surface area contributed by atoms with Gasteiger partial charge in [-0.05, 0) is 43.3 Å². The number of aryl methyl sites for hydroxylation is 1. The summed E-state index contributed by atoms with van der Waals surface area (Å²) < 4.78 is 0. The molecular formula is C20H23ClN4O2. The molecule has 142 valence electrons. The SMILES string of the molecule is CCN1CCN(C(=O)c2cccc(C(=O)Nc3cc(Cl)ccc3C)n2)CC1. The zero-order chi connectivity index (χ0) is 19.4. The van der Waals surface area contributed by atoms with E-state index in [4.69, 9.17) is 11.6 Å². The van der Waals surface area contributed by atoms with Crippen LogP contribution in [0.1, 0.15) is 33.5 Å². The molecule has 1 fully saturated rings. The Morgan fingerprint density at radius 1 is 1.11 bits per heavy atom. The maximum Gasteiger partial charge on any atom is 0.274 e. The van der Waals surface area contributed by atoms with Gasteiger partial charge in [0, 0.05) is 36.9 Å². The van der Waals surface area contributed by atoms with Crippen LogP contribution in [0.3, 0.4) is 0 Å². The molecule has 27 heavy (non-hydrogen) atoms. The first-order valence-electron chi connectivity index (χ1n) is 9.04. The van der Waals surface area contributed by atoms with E-state index in [1.54, 1.807) is 35.2 Å². The predicted octanol–water partition coefficient (Wildman–Crippen LogP) is 3.07. The monoisotopic (exact) mass is 386 g/mol. The molecule has 0 atom stereocenters. The Kier molecular flexibility index (Phi) is 6.08. The molecule has 0 spiro atoms. The standard InChI is InChI=1S/C20H23ClN4O2/c1-3-24-9-11-25(12-10-24)20(27)17-6-4-5-16(22-17)19(26)23-18-13-15(21)8-7-14(18)2/h4-8,13H,3,9-12H2,1-2H3,(H,23,26). The van der Waals surface area contributed by atoms with E-state index in [2.05, 4.69) is 22.1 Å². The van der Waals surface area contributed by atoms with Gasteiger partial charge in [-0.2, -0.15) is 0 Å². The molecule has 1 aliphatic heterocycles. The third-order valence-corrected chi connectivity index (χ3v) is 4.99. The minimum absolute atomic E-state index is 0.140. The highest BCUT2D eigenvalue weighted by Crippen LogP contribution is 2.20. The largest absolute Gasteiger partial charge is 0.335 e. The van der Waals surface area contributed by atoms with Crippen molar-refractivity contribution < 1.29 is 9.59 Å². The number of pyridine rings is 1. The number of carbonyl (C=O) groups is 2. The topological polar surface area (TPSA) is 65.5 Å². The number of piperazine rings is 1. The van der Waals surface area contributed by atoms with Gasteiger partial charge in [0.25, 0.3) is 11.8 Å². The normalized spacial score (nSPS) is 14.9. The Hall–Kier alpha value is -2.44. The summed E-state index contributed by atoms with van der Waals surface area (Å²) in [6.45, 7) is 8.04. The van der Waals surface area contributed by atoms with Crippen LogP contribution in [0.15, 0.2) is 36.4 Å². The number of aromatic nitrogens is 1. The summed E-state index contributed by atoms with van der Waals surface area (Å²) in [6.07, 6.45) is 0. The second-order valence-electron chi connectivity index (χ2n) is 6.55. The molecule has 3 rings (SSSR count). The minimum Gasteiger partial charge on any atom is -0.335 e. The van der Waals surface area contributed by atoms with Crippen molar-refractivity contribution in [1.29, 1.82) is 0 Å². The molecule has 2 amide bonds. The van der Waals surface area contributed by atoms with Gasteiger partial charge in [-0.25, -0.2) is 4.98 Å². The van der Waals surface area contributed by atoms with Gasteiger partial charge in [0.2, 0.25) is 0 Å². The molecule has 1 aliphatic rings. The number of benzene rings is 1. The second kappa shape index (κ2) is 8.50. The summed E-state index contributed by atoms with van der Waals surface area (Å²) in [5.41, 5.74) is 2.01. The van der Waals surface area contributed by atoms with Gasteiger partial charge in [0.1, 0.15) is 11.4 Å². The molecule has 2 aromatic rings. The average molecular weight is 387 g/mol. The number of hydrogen-bond donors (Lipinski definition) is 1. The Labute approximate surface area is 164 Å². The van der Waals surface area contributed by atoms with E-state index in [0.717, 1.165) is 25.2 Å². The zero-order valence-corrected chi connectivity index (χ0v) is 16.3. The number of likely N-dealkylation sites (N-methyl/N-ethyl adjacent to an activating group) is 1. The van der Waals surface area contributed by atoms with Crippen molar-refractivity contribution in [2.45, 2.75) is 13.8 Å². The average Bonchev–Trinajstić information content (AvgIpc) is 2.70. The molecule has 1 aromatic carbocycles. The molecule has 2 heterocycles. The number of carbonyl (C=O) groups excluding carboxylic acids is 2. The van der Waals surface area contributed by atoms with Crippen LogP contribution in [-0.4, -0.2) is 59.3 Å². The number of amides is 2. The van der Waals surface area contributed by atoms with Gasteiger partial charge in [0.15, 0.2) is 0 Å².